The molecule has 0 bridgehead atoms. The van der Waals surface area contributed by atoms with Gasteiger partial charge in [-0.1, -0.05) is 19.9 Å². The molecule has 0 spiro atoms. The summed E-state index contributed by atoms with van der Waals surface area (Å²) in [6, 6.07) is 10.8. The second kappa shape index (κ2) is 9.25. The molecule has 6 nitrogen and oxygen atoms in total. The maximum Gasteiger partial charge on any atom is 0.167 e. The zero-order valence-corrected chi connectivity index (χ0v) is 18.6. The second-order valence-corrected chi connectivity index (χ2v) is 8.30. The minimum atomic E-state index is -0.290. The molecule has 1 saturated carbocycles. The molecule has 2 aromatic rings. The average Bonchev–Trinajstić information content (AvgIpc) is 2.74. The van der Waals surface area contributed by atoms with Crippen LogP contribution >= 0.6 is 0 Å². The van der Waals surface area contributed by atoms with Crippen LogP contribution < -0.4 is 18.9 Å². The van der Waals surface area contributed by atoms with Gasteiger partial charge in [-0.3, -0.25) is 9.59 Å². The number of Topliss-reactive ketones (excluding diaryl/α,β-unsaturated/α-hetero) is 2. The molecule has 31 heavy (non-hydrogen) atoms. The summed E-state index contributed by atoms with van der Waals surface area (Å²) in [4.78, 5) is 24.9. The van der Waals surface area contributed by atoms with E-state index in [2.05, 4.69) is 0 Å². The van der Waals surface area contributed by atoms with Gasteiger partial charge in [-0.25, -0.2) is 0 Å². The minimum Gasteiger partial charge on any atom is -0.497 e. The number of ketones is 2. The summed E-state index contributed by atoms with van der Waals surface area (Å²) in [5.74, 6) is 2.21. The Morgan fingerprint density at radius 3 is 2.10 bits per heavy atom. The molecule has 0 radical (unpaired) electrons. The fourth-order valence-corrected chi connectivity index (χ4v) is 3.65. The van der Waals surface area contributed by atoms with Gasteiger partial charge >= 0.3 is 0 Å². The van der Waals surface area contributed by atoms with Gasteiger partial charge < -0.3 is 18.9 Å². The first-order valence-corrected chi connectivity index (χ1v) is 10.1. The summed E-state index contributed by atoms with van der Waals surface area (Å²) in [5.41, 5.74) is 1.49. The van der Waals surface area contributed by atoms with Crippen molar-refractivity contribution in [3.8, 4) is 23.0 Å². The van der Waals surface area contributed by atoms with E-state index in [0.29, 0.717) is 41.4 Å². The molecule has 0 amide bonds. The van der Waals surface area contributed by atoms with Gasteiger partial charge in [0, 0.05) is 18.4 Å². The molecule has 0 aliphatic heterocycles. The van der Waals surface area contributed by atoms with Crippen LogP contribution in [0.1, 0.15) is 37.8 Å². The predicted molar refractivity (Wildman–Crippen MR) is 118 cm³/mol. The van der Waals surface area contributed by atoms with Gasteiger partial charge in [-0.2, -0.15) is 0 Å². The molecule has 0 heterocycles. The lowest BCUT2D eigenvalue weighted by Crippen LogP contribution is -2.31. The lowest BCUT2D eigenvalue weighted by Gasteiger charge is -2.28. The third-order valence-electron chi connectivity index (χ3n) is 5.25. The van der Waals surface area contributed by atoms with Crippen molar-refractivity contribution in [1.82, 2.24) is 0 Å². The Morgan fingerprint density at radius 2 is 1.48 bits per heavy atom. The lowest BCUT2D eigenvalue weighted by molar-refractivity contribution is -0.127. The fraction of sp³-hybridized carbons (Fsp3) is 0.360. The molecule has 6 heteroatoms. The molecular weight excluding hydrogens is 396 g/mol. The number of hydrogen-bond acceptors (Lipinski definition) is 6. The van der Waals surface area contributed by atoms with Gasteiger partial charge in [0.2, 0.25) is 0 Å². The van der Waals surface area contributed by atoms with E-state index in [9.17, 15) is 9.59 Å². The van der Waals surface area contributed by atoms with E-state index in [4.69, 9.17) is 18.9 Å². The van der Waals surface area contributed by atoms with Crippen molar-refractivity contribution >= 4 is 17.6 Å². The van der Waals surface area contributed by atoms with Gasteiger partial charge in [-0.05, 0) is 47.4 Å². The van der Waals surface area contributed by atoms with Crippen molar-refractivity contribution in [3.05, 3.63) is 53.1 Å². The summed E-state index contributed by atoms with van der Waals surface area (Å²) < 4.78 is 22.1. The topological polar surface area (TPSA) is 71.1 Å². The molecule has 0 atom stereocenters. The normalized spacial score (nSPS) is 15.5. The first-order chi connectivity index (χ1) is 14.8. The van der Waals surface area contributed by atoms with Crippen molar-refractivity contribution in [2.75, 3.05) is 21.3 Å². The van der Waals surface area contributed by atoms with Crippen molar-refractivity contribution in [1.29, 1.82) is 0 Å². The molecule has 3 rings (SSSR count). The Hall–Kier alpha value is -3.28. The monoisotopic (exact) mass is 424 g/mol. The number of allylic oxidation sites excluding steroid dienone is 1. The molecule has 164 valence electrons. The Bertz CT molecular complexity index is 997. The molecule has 0 N–H and O–H groups in total. The van der Waals surface area contributed by atoms with Gasteiger partial charge in [0.25, 0.3) is 0 Å². The third kappa shape index (κ3) is 5.26. The van der Waals surface area contributed by atoms with E-state index < -0.39 is 0 Å². The standard InChI is InChI=1S/C25H28O6/c1-25(2)13-20(26)19(21(27)14-25)10-16-6-8-23(24(11-16)30-5)31-15-17-12-18(28-3)7-9-22(17)29-4/h6-12H,13-15H2,1-5H3. The first kappa shape index (κ1) is 22.4. The molecular formula is C25H28O6. The van der Waals surface area contributed by atoms with Crippen LogP contribution in [0.25, 0.3) is 6.08 Å². The zero-order chi connectivity index (χ0) is 22.6. The Morgan fingerprint density at radius 1 is 0.839 bits per heavy atom. The maximum atomic E-state index is 12.5. The Kier molecular flexibility index (Phi) is 6.68. The molecule has 1 aliphatic carbocycles. The van der Waals surface area contributed by atoms with Crippen LogP contribution in [0, 0.1) is 5.41 Å². The average molecular weight is 424 g/mol. The Labute approximate surface area is 182 Å². The largest absolute Gasteiger partial charge is 0.497 e. The summed E-state index contributed by atoms with van der Waals surface area (Å²) in [6.45, 7) is 4.13. The molecule has 1 fully saturated rings. The second-order valence-electron chi connectivity index (χ2n) is 8.30. The van der Waals surface area contributed by atoms with Gasteiger partial charge in [0.15, 0.2) is 23.1 Å². The van der Waals surface area contributed by atoms with Crippen molar-refractivity contribution in [2.45, 2.75) is 33.3 Å². The van der Waals surface area contributed by atoms with Gasteiger partial charge in [0.1, 0.15) is 18.1 Å². The number of rotatable bonds is 7. The minimum absolute atomic E-state index is 0.120. The highest BCUT2D eigenvalue weighted by molar-refractivity contribution is 6.25. The molecule has 0 saturated heterocycles. The van der Waals surface area contributed by atoms with Crippen LogP contribution in [0.3, 0.4) is 0 Å². The van der Waals surface area contributed by atoms with Crippen molar-refractivity contribution in [3.63, 3.8) is 0 Å². The van der Waals surface area contributed by atoms with Gasteiger partial charge in [0.05, 0.1) is 26.9 Å². The highest BCUT2D eigenvalue weighted by Crippen LogP contribution is 2.36. The Balaban J connectivity index is 1.81. The lowest BCUT2D eigenvalue weighted by atomic mass is 9.74. The number of benzene rings is 2. The van der Waals surface area contributed by atoms with Crippen LogP contribution in [-0.4, -0.2) is 32.9 Å². The van der Waals surface area contributed by atoms with E-state index in [-0.39, 0.29) is 29.2 Å². The van der Waals surface area contributed by atoms with Crippen LogP contribution in [0.2, 0.25) is 0 Å². The first-order valence-electron chi connectivity index (χ1n) is 10.1. The van der Waals surface area contributed by atoms with E-state index in [1.54, 1.807) is 45.6 Å². The van der Waals surface area contributed by atoms with Crippen LogP contribution in [0.15, 0.2) is 42.0 Å². The van der Waals surface area contributed by atoms with E-state index in [1.807, 2.05) is 32.0 Å². The van der Waals surface area contributed by atoms with E-state index in [1.165, 1.54) is 0 Å². The summed E-state index contributed by atoms with van der Waals surface area (Å²) >= 11 is 0. The van der Waals surface area contributed by atoms with Crippen molar-refractivity contribution in [2.24, 2.45) is 5.41 Å². The maximum absolute atomic E-state index is 12.5. The zero-order valence-electron chi connectivity index (χ0n) is 18.6. The van der Waals surface area contributed by atoms with Crippen molar-refractivity contribution < 1.29 is 28.5 Å². The molecule has 0 aromatic heterocycles. The van der Waals surface area contributed by atoms with Gasteiger partial charge in [-0.15, -0.1) is 0 Å². The summed E-state index contributed by atoms with van der Waals surface area (Å²) in [7, 11) is 4.75. The number of carbonyl (C=O) groups is 2. The number of methoxy groups -OCH3 is 3. The predicted octanol–water partition coefficient (Wildman–Crippen LogP) is 4.63. The summed E-state index contributed by atoms with van der Waals surface area (Å²) in [6.07, 6.45) is 2.37. The number of hydrogen-bond donors (Lipinski definition) is 0. The smallest absolute Gasteiger partial charge is 0.167 e. The molecule has 2 aromatic carbocycles. The quantitative estimate of drug-likeness (QED) is 0.477. The molecule has 1 aliphatic rings. The highest BCUT2D eigenvalue weighted by atomic mass is 16.5. The fourth-order valence-electron chi connectivity index (χ4n) is 3.65. The van der Waals surface area contributed by atoms with E-state index in [0.717, 1.165) is 5.56 Å². The number of carbonyl (C=O) groups excluding carboxylic acids is 2. The van der Waals surface area contributed by atoms with Crippen LogP contribution in [-0.2, 0) is 16.2 Å². The molecule has 0 unspecified atom stereocenters. The van der Waals surface area contributed by atoms with Crippen LogP contribution in [0.4, 0.5) is 0 Å². The van der Waals surface area contributed by atoms with Crippen LogP contribution in [0.5, 0.6) is 23.0 Å². The number of ether oxygens (including phenoxy) is 4. The SMILES string of the molecule is COc1ccc(OC)c(COc2ccc(C=C3C(=O)CC(C)(C)CC3=O)cc2OC)c1. The summed E-state index contributed by atoms with van der Waals surface area (Å²) in [5, 5.41) is 0. The third-order valence-corrected chi connectivity index (χ3v) is 5.25. The van der Waals surface area contributed by atoms with E-state index >= 15 is 0 Å². The highest BCUT2D eigenvalue weighted by Gasteiger charge is 2.35.